The smallest absolute Gasteiger partial charge is 0.278 e. The number of amides is 2. The van der Waals surface area contributed by atoms with Crippen LogP contribution < -0.4 is 15.8 Å². The summed E-state index contributed by atoms with van der Waals surface area (Å²) < 4.78 is 42.1. The summed E-state index contributed by atoms with van der Waals surface area (Å²) in [6.45, 7) is 3.19. The van der Waals surface area contributed by atoms with Gasteiger partial charge in [0.2, 0.25) is 5.43 Å². The highest BCUT2D eigenvalue weighted by Gasteiger charge is 2.38. The molecule has 2 atom stereocenters. The molecular weight excluding hydrogens is 441 g/mol. The van der Waals surface area contributed by atoms with Gasteiger partial charge >= 0.3 is 0 Å². The van der Waals surface area contributed by atoms with Crippen LogP contribution in [0.25, 0.3) is 0 Å². The number of rotatable bonds is 3. The number of aromatic hydroxyl groups is 1. The van der Waals surface area contributed by atoms with E-state index in [4.69, 9.17) is 0 Å². The predicted molar refractivity (Wildman–Crippen MR) is 112 cm³/mol. The first-order valence-corrected chi connectivity index (χ1v) is 10.2. The molecule has 33 heavy (non-hydrogen) atoms. The van der Waals surface area contributed by atoms with Crippen LogP contribution in [-0.2, 0) is 6.54 Å². The molecule has 3 heterocycles. The van der Waals surface area contributed by atoms with Gasteiger partial charge in [0.05, 0.1) is 0 Å². The van der Waals surface area contributed by atoms with Gasteiger partial charge in [-0.25, -0.2) is 13.2 Å². The summed E-state index contributed by atoms with van der Waals surface area (Å²) in [5, 5.41) is 14.5. The van der Waals surface area contributed by atoms with Crippen LogP contribution in [0.5, 0.6) is 5.75 Å². The van der Waals surface area contributed by atoms with E-state index in [9.17, 15) is 32.7 Å². The van der Waals surface area contributed by atoms with E-state index < -0.39 is 58.1 Å². The molecule has 11 heteroatoms. The van der Waals surface area contributed by atoms with Gasteiger partial charge in [0.15, 0.2) is 11.4 Å². The molecule has 2 aliphatic rings. The zero-order chi connectivity index (χ0) is 24.0. The van der Waals surface area contributed by atoms with Crippen molar-refractivity contribution in [2.75, 3.05) is 11.7 Å². The molecule has 2 amide bonds. The van der Waals surface area contributed by atoms with E-state index in [1.165, 1.54) is 9.58 Å². The Labute approximate surface area is 186 Å². The third-order valence-corrected chi connectivity index (χ3v) is 5.87. The molecule has 4 rings (SSSR count). The molecule has 1 aromatic carbocycles. The van der Waals surface area contributed by atoms with Crippen molar-refractivity contribution in [1.29, 1.82) is 0 Å². The largest absolute Gasteiger partial charge is 0.502 e. The molecular formula is C22H21F3N4O4. The van der Waals surface area contributed by atoms with E-state index >= 15 is 0 Å². The van der Waals surface area contributed by atoms with Crippen LogP contribution >= 0.6 is 0 Å². The van der Waals surface area contributed by atoms with E-state index in [1.807, 2.05) is 26.0 Å². The van der Waals surface area contributed by atoms with Crippen molar-refractivity contribution in [2.24, 2.45) is 0 Å². The van der Waals surface area contributed by atoms with Crippen molar-refractivity contribution >= 4 is 11.8 Å². The van der Waals surface area contributed by atoms with E-state index in [0.717, 1.165) is 6.20 Å². The van der Waals surface area contributed by atoms with Gasteiger partial charge in [-0.2, -0.15) is 0 Å². The minimum absolute atomic E-state index is 0.150. The third kappa shape index (κ3) is 3.83. The summed E-state index contributed by atoms with van der Waals surface area (Å²) in [7, 11) is 0. The number of hydrogen-bond donors (Lipinski definition) is 2. The summed E-state index contributed by atoms with van der Waals surface area (Å²) in [6, 6.07) is 0.517. The summed E-state index contributed by atoms with van der Waals surface area (Å²) in [5.74, 6) is -5.99. The van der Waals surface area contributed by atoms with E-state index in [1.54, 1.807) is 5.01 Å². The second-order valence-electron chi connectivity index (χ2n) is 8.05. The number of aromatic nitrogens is 1. The molecule has 2 aliphatic heterocycles. The predicted octanol–water partition coefficient (Wildman–Crippen LogP) is 1.99. The fraction of sp³-hybridized carbons (Fsp3) is 0.318. The topological polar surface area (TPSA) is 94.9 Å². The Bertz CT molecular complexity index is 1220. The minimum atomic E-state index is -1.19. The van der Waals surface area contributed by atoms with Crippen molar-refractivity contribution in [2.45, 2.75) is 38.9 Å². The molecule has 0 radical (unpaired) electrons. The standard InChI is InChI=1S/C22H21F3N4O4/c1-11-4-3-5-12(2)29-10-27(11)22(33)18-20(31)19(30)15(9-28(18)29)21(32)26-8-14-16(24)6-13(23)7-17(14)25/h3-4,6-7,9,11-12,31H,5,8,10H2,1-2H3,(H,26,32)/b4-3-/t11-,12-/m1/s1. The first-order valence-electron chi connectivity index (χ1n) is 10.2. The van der Waals surface area contributed by atoms with Gasteiger partial charge in [-0.05, 0) is 20.3 Å². The number of carbonyl (C=O) groups excluding carboxylic acids is 2. The summed E-state index contributed by atoms with van der Waals surface area (Å²) in [6.07, 6.45) is 5.54. The van der Waals surface area contributed by atoms with Crippen molar-refractivity contribution < 1.29 is 27.9 Å². The van der Waals surface area contributed by atoms with Gasteiger partial charge < -0.3 is 15.3 Å². The lowest BCUT2D eigenvalue weighted by Crippen LogP contribution is -2.59. The molecule has 0 spiro atoms. The van der Waals surface area contributed by atoms with Crippen molar-refractivity contribution in [3.05, 3.63) is 75.0 Å². The Morgan fingerprint density at radius 1 is 1.18 bits per heavy atom. The molecule has 1 aromatic heterocycles. The SMILES string of the molecule is C[C@@H]1/C=C\C[C@@H](C)N2CN1C(=O)c1c(O)c(=O)c(C(=O)NCc3c(F)cc(F)cc3F)cn12. The first kappa shape index (κ1) is 22.4. The maximum atomic E-state index is 13.9. The van der Waals surface area contributed by atoms with Crippen LogP contribution in [0.15, 0.2) is 35.3 Å². The van der Waals surface area contributed by atoms with Crippen molar-refractivity contribution in [1.82, 2.24) is 14.9 Å². The summed E-state index contributed by atoms with van der Waals surface area (Å²) in [4.78, 5) is 39.9. The quantitative estimate of drug-likeness (QED) is 0.681. The second kappa shape index (κ2) is 8.30. The number of carbonyl (C=O) groups is 2. The van der Waals surface area contributed by atoms with E-state index in [-0.39, 0.29) is 24.4 Å². The van der Waals surface area contributed by atoms with Gasteiger partial charge in [-0.15, -0.1) is 0 Å². The van der Waals surface area contributed by atoms with E-state index in [0.29, 0.717) is 18.6 Å². The Morgan fingerprint density at radius 3 is 2.52 bits per heavy atom. The highest BCUT2D eigenvalue weighted by atomic mass is 19.1. The van der Waals surface area contributed by atoms with Gasteiger partial charge in [0.1, 0.15) is 29.7 Å². The Balaban J connectivity index is 1.71. The second-order valence-corrected chi connectivity index (χ2v) is 8.05. The molecule has 2 N–H and O–H groups in total. The summed E-state index contributed by atoms with van der Waals surface area (Å²) >= 11 is 0. The first-order chi connectivity index (χ1) is 15.6. The van der Waals surface area contributed by atoms with Crippen molar-refractivity contribution in [3.63, 3.8) is 0 Å². The Morgan fingerprint density at radius 2 is 1.85 bits per heavy atom. The van der Waals surface area contributed by atoms with Gasteiger partial charge in [0, 0.05) is 42.5 Å². The number of benzene rings is 1. The number of nitrogens with one attached hydrogen (secondary N) is 1. The van der Waals surface area contributed by atoms with E-state index in [2.05, 4.69) is 5.32 Å². The number of halogens is 3. The molecule has 0 fully saturated rings. The Hall–Kier alpha value is -3.76. The van der Waals surface area contributed by atoms with Gasteiger partial charge in [-0.3, -0.25) is 24.1 Å². The third-order valence-electron chi connectivity index (χ3n) is 5.87. The van der Waals surface area contributed by atoms with Crippen LogP contribution in [0.2, 0.25) is 0 Å². The monoisotopic (exact) mass is 462 g/mol. The number of hydrogen-bond acceptors (Lipinski definition) is 5. The fourth-order valence-electron chi connectivity index (χ4n) is 3.95. The highest BCUT2D eigenvalue weighted by molar-refractivity contribution is 5.99. The lowest BCUT2D eigenvalue weighted by atomic mass is 10.1. The highest BCUT2D eigenvalue weighted by Crippen LogP contribution is 2.26. The molecule has 0 unspecified atom stereocenters. The normalized spacial score (nSPS) is 20.7. The number of fused-ring (bicyclic) bond motifs is 4. The molecule has 2 aromatic rings. The fourth-order valence-corrected chi connectivity index (χ4v) is 3.95. The Kier molecular flexibility index (Phi) is 5.64. The van der Waals surface area contributed by atoms with Crippen LogP contribution in [0, 0.1) is 17.5 Å². The van der Waals surface area contributed by atoms with Gasteiger partial charge in [0.25, 0.3) is 11.8 Å². The van der Waals surface area contributed by atoms with Crippen LogP contribution in [-0.4, -0.2) is 45.2 Å². The average Bonchev–Trinajstić information content (AvgIpc) is 2.74. The van der Waals surface area contributed by atoms with Crippen molar-refractivity contribution in [3.8, 4) is 5.75 Å². The van der Waals surface area contributed by atoms with Crippen LogP contribution in [0.3, 0.4) is 0 Å². The molecule has 0 saturated heterocycles. The number of pyridine rings is 1. The van der Waals surface area contributed by atoms with Gasteiger partial charge in [-0.1, -0.05) is 12.2 Å². The molecule has 2 bridgehead atoms. The zero-order valence-corrected chi connectivity index (χ0v) is 17.8. The van der Waals surface area contributed by atoms with Crippen LogP contribution in [0.1, 0.15) is 46.7 Å². The lowest BCUT2D eigenvalue weighted by molar-refractivity contribution is 0.0634. The molecule has 8 nitrogen and oxygen atoms in total. The lowest BCUT2D eigenvalue weighted by Gasteiger charge is -2.45. The number of nitrogens with zero attached hydrogens (tertiary/aromatic N) is 3. The molecule has 0 saturated carbocycles. The maximum absolute atomic E-state index is 13.9. The average molecular weight is 462 g/mol. The van der Waals surface area contributed by atoms with Crippen LogP contribution in [0.4, 0.5) is 13.2 Å². The molecule has 174 valence electrons. The minimum Gasteiger partial charge on any atom is -0.502 e. The molecule has 0 aliphatic carbocycles. The summed E-state index contributed by atoms with van der Waals surface area (Å²) in [5.41, 5.74) is -2.47. The zero-order valence-electron chi connectivity index (χ0n) is 17.8. The maximum Gasteiger partial charge on any atom is 0.278 e.